The van der Waals surface area contributed by atoms with E-state index in [1.54, 1.807) is 17.0 Å². The van der Waals surface area contributed by atoms with E-state index >= 15 is 0 Å². The van der Waals surface area contributed by atoms with Gasteiger partial charge in [-0.05, 0) is 45.1 Å². The van der Waals surface area contributed by atoms with Crippen LogP contribution in [0.4, 0.5) is 0 Å². The van der Waals surface area contributed by atoms with Crippen molar-refractivity contribution in [2.45, 2.75) is 32.7 Å². The fourth-order valence-corrected chi connectivity index (χ4v) is 3.74. The third kappa shape index (κ3) is 5.19. The summed E-state index contributed by atoms with van der Waals surface area (Å²) >= 11 is 0. The van der Waals surface area contributed by atoms with Crippen molar-refractivity contribution in [1.82, 2.24) is 9.80 Å². The molecule has 6 nitrogen and oxygen atoms in total. The van der Waals surface area contributed by atoms with Crippen LogP contribution >= 0.6 is 0 Å². The van der Waals surface area contributed by atoms with Crippen molar-refractivity contribution in [2.24, 2.45) is 0 Å². The van der Waals surface area contributed by atoms with E-state index in [0.29, 0.717) is 31.0 Å². The Morgan fingerprint density at radius 2 is 1.84 bits per heavy atom. The molecule has 2 aromatic rings. The predicted molar refractivity (Wildman–Crippen MR) is 126 cm³/mol. The molecule has 6 heteroatoms. The van der Waals surface area contributed by atoms with Crippen LogP contribution in [0.15, 0.2) is 54.1 Å². The number of rotatable bonds is 9. The predicted octanol–water partition coefficient (Wildman–Crippen LogP) is 4.16. The fraction of sp³-hybridized carbons (Fsp3) is 0.385. The van der Waals surface area contributed by atoms with Gasteiger partial charge in [-0.25, -0.2) is 0 Å². The maximum atomic E-state index is 13.1. The monoisotopic (exact) mass is 436 g/mol. The lowest BCUT2D eigenvalue weighted by Gasteiger charge is -2.27. The van der Waals surface area contributed by atoms with E-state index in [1.165, 1.54) is 0 Å². The van der Waals surface area contributed by atoms with Crippen LogP contribution in [0.25, 0.3) is 5.76 Å². The normalized spacial score (nSPS) is 17.9. The molecule has 1 amide bonds. The summed E-state index contributed by atoms with van der Waals surface area (Å²) in [5.74, 6) is -0.727. The highest BCUT2D eigenvalue weighted by Crippen LogP contribution is 2.40. The lowest BCUT2D eigenvalue weighted by Crippen LogP contribution is -2.35. The van der Waals surface area contributed by atoms with Crippen LogP contribution in [-0.4, -0.2) is 60.4 Å². The Bertz CT molecular complexity index is 995. The number of ketones is 1. The van der Waals surface area contributed by atoms with Crippen molar-refractivity contribution in [3.8, 4) is 5.75 Å². The molecule has 2 aromatic carbocycles. The molecule has 0 aliphatic carbocycles. The number of aryl methyl sites for hydroxylation is 1. The van der Waals surface area contributed by atoms with E-state index < -0.39 is 17.7 Å². The summed E-state index contributed by atoms with van der Waals surface area (Å²) in [7, 11) is 3.83. The largest absolute Gasteiger partial charge is 0.507 e. The first-order valence-electron chi connectivity index (χ1n) is 11.1. The third-order valence-electron chi connectivity index (χ3n) is 5.59. The Balaban J connectivity index is 2.07. The van der Waals surface area contributed by atoms with Crippen LogP contribution < -0.4 is 4.74 Å². The summed E-state index contributed by atoms with van der Waals surface area (Å²) in [6.45, 7) is 5.62. The Kier molecular flexibility index (Phi) is 7.70. The minimum absolute atomic E-state index is 0.114. The first kappa shape index (κ1) is 23.5. The molecule has 1 atom stereocenters. The molecule has 1 fully saturated rings. The molecule has 1 unspecified atom stereocenters. The molecule has 0 radical (unpaired) electrons. The van der Waals surface area contributed by atoms with Gasteiger partial charge in [-0.2, -0.15) is 0 Å². The standard InChI is InChI=1S/C26H32N2O4/c1-5-6-16-32-21-9-7-8-20(17-21)23-22(24(29)19-12-10-18(2)11-13-19)25(30)26(31)28(23)15-14-27(3)4/h7-13,17,23,29H,5-6,14-16H2,1-4H3/b24-22+. The van der Waals surface area contributed by atoms with Gasteiger partial charge < -0.3 is 19.6 Å². The van der Waals surface area contributed by atoms with Crippen LogP contribution in [0.5, 0.6) is 5.75 Å². The number of nitrogens with zero attached hydrogens (tertiary/aromatic N) is 2. The molecule has 0 bridgehead atoms. The quantitative estimate of drug-likeness (QED) is 0.277. The number of carbonyl (C=O) groups excluding carboxylic acids is 2. The highest BCUT2D eigenvalue weighted by Gasteiger charge is 2.46. The molecule has 170 valence electrons. The number of unbranched alkanes of at least 4 members (excludes halogenated alkanes) is 1. The molecule has 0 spiro atoms. The van der Waals surface area contributed by atoms with E-state index in [9.17, 15) is 14.7 Å². The maximum Gasteiger partial charge on any atom is 0.295 e. The number of Topliss-reactive ketones (excluding diaryl/α,β-unsaturated/α-hetero) is 1. The summed E-state index contributed by atoms with van der Waals surface area (Å²) in [6.07, 6.45) is 1.97. The van der Waals surface area contributed by atoms with Crippen molar-refractivity contribution in [1.29, 1.82) is 0 Å². The number of aliphatic hydroxyl groups excluding tert-OH is 1. The number of ether oxygens (including phenoxy) is 1. The van der Waals surface area contributed by atoms with Crippen molar-refractivity contribution in [3.05, 3.63) is 70.8 Å². The zero-order valence-corrected chi connectivity index (χ0v) is 19.3. The SMILES string of the molecule is CCCCOc1cccc(C2/C(=C(\O)c3ccc(C)cc3)C(=O)C(=O)N2CCN(C)C)c1. The number of hydrogen-bond donors (Lipinski definition) is 1. The summed E-state index contributed by atoms with van der Waals surface area (Å²) in [6, 6.07) is 14.0. The second-order valence-electron chi connectivity index (χ2n) is 8.44. The highest BCUT2D eigenvalue weighted by atomic mass is 16.5. The van der Waals surface area contributed by atoms with E-state index in [0.717, 1.165) is 24.0 Å². The molecule has 1 aliphatic heterocycles. The number of amides is 1. The number of hydrogen-bond acceptors (Lipinski definition) is 5. The van der Waals surface area contributed by atoms with E-state index in [-0.39, 0.29) is 11.3 Å². The minimum Gasteiger partial charge on any atom is -0.507 e. The van der Waals surface area contributed by atoms with E-state index in [1.807, 2.05) is 62.3 Å². The molecule has 1 heterocycles. The van der Waals surface area contributed by atoms with Gasteiger partial charge in [0.2, 0.25) is 0 Å². The van der Waals surface area contributed by atoms with Gasteiger partial charge in [-0.15, -0.1) is 0 Å². The summed E-state index contributed by atoms with van der Waals surface area (Å²) < 4.78 is 5.85. The van der Waals surface area contributed by atoms with Gasteiger partial charge in [0, 0.05) is 18.7 Å². The average Bonchev–Trinajstić information content (AvgIpc) is 3.03. The van der Waals surface area contributed by atoms with Crippen LogP contribution in [0.3, 0.4) is 0 Å². The smallest absolute Gasteiger partial charge is 0.295 e. The summed E-state index contributed by atoms with van der Waals surface area (Å²) in [5.41, 5.74) is 2.41. The second kappa shape index (κ2) is 10.5. The molecule has 0 aromatic heterocycles. The van der Waals surface area contributed by atoms with Gasteiger partial charge >= 0.3 is 0 Å². The van der Waals surface area contributed by atoms with Crippen molar-refractivity contribution in [3.63, 3.8) is 0 Å². The zero-order valence-electron chi connectivity index (χ0n) is 19.3. The number of likely N-dealkylation sites (tertiary alicyclic amines) is 1. The number of likely N-dealkylation sites (N-methyl/N-ethyl adjacent to an activating group) is 1. The molecule has 32 heavy (non-hydrogen) atoms. The Morgan fingerprint density at radius 1 is 1.12 bits per heavy atom. The molecular formula is C26H32N2O4. The Morgan fingerprint density at radius 3 is 2.50 bits per heavy atom. The molecular weight excluding hydrogens is 404 g/mol. The highest BCUT2D eigenvalue weighted by molar-refractivity contribution is 6.46. The van der Waals surface area contributed by atoms with Gasteiger partial charge in [-0.1, -0.05) is 55.3 Å². The van der Waals surface area contributed by atoms with E-state index in [2.05, 4.69) is 6.92 Å². The van der Waals surface area contributed by atoms with Gasteiger partial charge in [0.25, 0.3) is 11.7 Å². The number of benzene rings is 2. The first-order chi connectivity index (χ1) is 15.3. The fourth-order valence-electron chi connectivity index (χ4n) is 3.74. The minimum atomic E-state index is -0.675. The molecule has 1 aliphatic rings. The number of carbonyl (C=O) groups is 2. The van der Waals surface area contributed by atoms with Crippen LogP contribution in [-0.2, 0) is 9.59 Å². The van der Waals surface area contributed by atoms with E-state index in [4.69, 9.17) is 4.74 Å². The summed E-state index contributed by atoms with van der Waals surface area (Å²) in [4.78, 5) is 29.6. The third-order valence-corrected chi connectivity index (χ3v) is 5.59. The Hall–Kier alpha value is -3.12. The Labute approximate surface area is 190 Å². The van der Waals surface area contributed by atoms with Gasteiger partial charge in [0.15, 0.2) is 0 Å². The van der Waals surface area contributed by atoms with Crippen LogP contribution in [0.1, 0.15) is 42.5 Å². The van der Waals surface area contributed by atoms with Crippen LogP contribution in [0.2, 0.25) is 0 Å². The van der Waals surface area contributed by atoms with Crippen molar-refractivity contribution in [2.75, 3.05) is 33.8 Å². The van der Waals surface area contributed by atoms with Gasteiger partial charge in [0.1, 0.15) is 11.5 Å². The lowest BCUT2D eigenvalue weighted by molar-refractivity contribution is -0.140. The lowest BCUT2D eigenvalue weighted by atomic mass is 9.95. The number of aliphatic hydroxyl groups is 1. The maximum absolute atomic E-state index is 13.1. The van der Waals surface area contributed by atoms with Crippen molar-refractivity contribution < 1.29 is 19.4 Å². The van der Waals surface area contributed by atoms with Crippen molar-refractivity contribution >= 4 is 17.4 Å². The second-order valence-corrected chi connectivity index (χ2v) is 8.44. The zero-order chi connectivity index (χ0) is 23.3. The van der Waals surface area contributed by atoms with Gasteiger partial charge in [0.05, 0.1) is 18.2 Å². The molecule has 3 rings (SSSR count). The molecule has 1 N–H and O–H groups in total. The van der Waals surface area contributed by atoms with Crippen LogP contribution in [0, 0.1) is 6.92 Å². The topological polar surface area (TPSA) is 70.1 Å². The molecule has 1 saturated heterocycles. The molecule has 0 saturated carbocycles. The average molecular weight is 437 g/mol. The van der Waals surface area contributed by atoms with Gasteiger partial charge in [-0.3, -0.25) is 9.59 Å². The first-order valence-corrected chi connectivity index (χ1v) is 11.1. The summed E-state index contributed by atoms with van der Waals surface area (Å²) in [5, 5.41) is 11.1.